The lowest BCUT2D eigenvalue weighted by Crippen LogP contribution is -2.10. The zero-order valence-electron chi connectivity index (χ0n) is 28.6. The number of hydrogen-bond donors (Lipinski definition) is 0. The molecule has 8 aromatic carbocycles. The van der Waals surface area contributed by atoms with Gasteiger partial charge in [0.25, 0.3) is 0 Å². The number of hydrogen-bond acceptors (Lipinski definition) is 2. The molecule has 1 aliphatic rings. The van der Waals surface area contributed by atoms with Crippen molar-refractivity contribution in [2.75, 3.05) is 4.90 Å². The minimum absolute atomic E-state index is 0.213. The lowest BCUT2D eigenvalue weighted by molar-refractivity contribution is 0.517. The summed E-state index contributed by atoms with van der Waals surface area (Å²) in [6, 6.07) is 65.5. The van der Waals surface area contributed by atoms with Crippen LogP contribution in [0.25, 0.3) is 60.8 Å². The molecule has 1 aliphatic carbocycles. The Bertz CT molecular complexity index is 2740. The first kappa shape index (κ1) is 30.2. The molecular weight excluding hydrogens is 631 g/mol. The van der Waals surface area contributed by atoms with Crippen LogP contribution in [0.5, 0.6) is 0 Å². The first-order chi connectivity index (χ1) is 25.8. The quantitative estimate of drug-likeness (QED) is 0.176. The fraction of sp³-hybridized carbons (Fsp3) is 0.0400. The number of nitrogens with zero attached hydrogens (tertiary/aromatic N) is 1. The average molecular weight is 666 g/mol. The molecule has 2 nitrogen and oxygen atoms in total. The minimum atomic E-state index is 0.213. The molecule has 0 radical (unpaired) electrons. The Morgan fingerprint density at radius 3 is 1.77 bits per heavy atom. The number of anilines is 3. The molecule has 2 heteroatoms. The molecule has 0 bridgehead atoms. The van der Waals surface area contributed by atoms with Crippen LogP contribution in [-0.2, 0) is 0 Å². The standard InChI is InChI=1S/C50H35NO/c1-2-12-36(13-3-1)44-21-10-23-46-47-24-11-22-45(50(47)52-49(44)46)38-28-32-40(33-29-38)51(48-25-9-17-35-15-5-7-19-43(35)48)39-30-26-37(27-31-39)42-20-8-16-34-14-4-6-18-41(34)42/h1-20,22-33,44H,21H2. The topological polar surface area (TPSA) is 16.4 Å². The van der Waals surface area contributed by atoms with E-state index in [1.165, 1.54) is 43.8 Å². The third kappa shape index (κ3) is 5.11. The molecule has 10 rings (SSSR count). The molecule has 52 heavy (non-hydrogen) atoms. The van der Waals surface area contributed by atoms with Crippen molar-refractivity contribution in [2.45, 2.75) is 12.3 Å². The number of furan rings is 1. The normalized spacial score (nSPS) is 13.8. The summed E-state index contributed by atoms with van der Waals surface area (Å²) in [6.45, 7) is 0. The number of benzene rings is 8. The van der Waals surface area contributed by atoms with Crippen molar-refractivity contribution in [3.8, 4) is 22.3 Å². The van der Waals surface area contributed by atoms with Gasteiger partial charge in [0.05, 0.1) is 5.69 Å². The lowest BCUT2D eigenvalue weighted by atomic mass is 9.87. The van der Waals surface area contributed by atoms with Crippen molar-refractivity contribution >= 4 is 55.7 Å². The van der Waals surface area contributed by atoms with E-state index in [1.54, 1.807) is 0 Å². The van der Waals surface area contributed by atoms with E-state index < -0.39 is 0 Å². The zero-order chi connectivity index (χ0) is 34.4. The highest BCUT2D eigenvalue weighted by molar-refractivity contribution is 6.01. The monoisotopic (exact) mass is 665 g/mol. The summed E-state index contributed by atoms with van der Waals surface area (Å²) in [4.78, 5) is 2.38. The molecule has 246 valence electrons. The lowest BCUT2D eigenvalue weighted by Gasteiger charge is -2.27. The number of allylic oxidation sites excluding steroid dienone is 1. The molecule has 1 aromatic heterocycles. The molecule has 0 saturated heterocycles. The van der Waals surface area contributed by atoms with Gasteiger partial charge in [0.2, 0.25) is 0 Å². The van der Waals surface area contributed by atoms with E-state index in [-0.39, 0.29) is 5.92 Å². The van der Waals surface area contributed by atoms with Crippen LogP contribution in [0.2, 0.25) is 0 Å². The van der Waals surface area contributed by atoms with E-state index in [9.17, 15) is 0 Å². The van der Waals surface area contributed by atoms with Crippen LogP contribution >= 0.6 is 0 Å². The minimum Gasteiger partial charge on any atom is -0.459 e. The largest absolute Gasteiger partial charge is 0.459 e. The Labute approximate surface area is 303 Å². The van der Waals surface area contributed by atoms with Gasteiger partial charge in [-0.05, 0) is 75.2 Å². The van der Waals surface area contributed by atoms with Crippen LogP contribution in [0.4, 0.5) is 17.1 Å². The molecule has 0 N–H and O–H groups in total. The van der Waals surface area contributed by atoms with Crippen LogP contribution in [0.15, 0.2) is 192 Å². The molecular formula is C50H35NO. The molecule has 9 aromatic rings. The first-order valence-electron chi connectivity index (χ1n) is 18.0. The predicted molar refractivity (Wildman–Crippen MR) is 219 cm³/mol. The van der Waals surface area contributed by atoms with E-state index >= 15 is 0 Å². The van der Waals surface area contributed by atoms with E-state index in [0.29, 0.717) is 0 Å². The molecule has 1 atom stereocenters. The summed E-state index contributed by atoms with van der Waals surface area (Å²) in [5, 5.41) is 6.10. The molecule has 0 fully saturated rings. The second-order valence-electron chi connectivity index (χ2n) is 13.6. The fourth-order valence-electron chi connectivity index (χ4n) is 8.10. The molecule has 1 heterocycles. The third-order valence-corrected chi connectivity index (χ3v) is 10.6. The van der Waals surface area contributed by atoms with E-state index in [4.69, 9.17) is 4.42 Å². The zero-order valence-corrected chi connectivity index (χ0v) is 28.6. The predicted octanol–water partition coefficient (Wildman–Crippen LogP) is 14.1. The van der Waals surface area contributed by atoms with Gasteiger partial charge in [0.1, 0.15) is 11.3 Å². The second-order valence-corrected chi connectivity index (χ2v) is 13.6. The Morgan fingerprint density at radius 1 is 0.462 bits per heavy atom. The Balaban J connectivity index is 1.07. The molecule has 0 spiro atoms. The third-order valence-electron chi connectivity index (χ3n) is 10.6. The summed E-state index contributed by atoms with van der Waals surface area (Å²) < 4.78 is 6.82. The van der Waals surface area contributed by atoms with E-state index in [0.717, 1.165) is 51.3 Å². The SMILES string of the molecule is C1=Cc2c(oc3c(-c4ccc(N(c5ccc(-c6cccc7ccccc67)cc5)c5cccc6ccccc56)cc4)cccc23)C(c2ccccc2)C1. The number of rotatable bonds is 6. The number of para-hydroxylation sites is 1. The van der Waals surface area contributed by atoms with Gasteiger partial charge in [0.15, 0.2) is 0 Å². The van der Waals surface area contributed by atoms with Gasteiger partial charge < -0.3 is 9.32 Å². The maximum Gasteiger partial charge on any atom is 0.142 e. The summed E-state index contributed by atoms with van der Waals surface area (Å²) in [6.07, 6.45) is 5.46. The van der Waals surface area contributed by atoms with Crippen molar-refractivity contribution in [1.29, 1.82) is 0 Å². The molecule has 0 aliphatic heterocycles. The second kappa shape index (κ2) is 12.6. The van der Waals surface area contributed by atoms with Crippen LogP contribution in [0.3, 0.4) is 0 Å². The smallest absolute Gasteiger partial charge is 0.142 e. The van der Waals surface area contributed by atoms with Crippen molar-refractivity contribution in [1.82, 2.24) is 0 Å². The van der Waals surface area contributed by atoms with Crippen molar-refractivity contribution < 1.29 is 4.42 Å². The highest BCUT2D eigenvalue weighted by atomic mass is 16.3. The van der Waals surface area contributed by atoms with Crippen LogP contribution < -0.4 is 4.90 Å². The van der Waals surface area contributed by atoms with Crippen molar-refractivity contribution in [2.24, 2.45) is 0 Å². The highest BCUT2D eigenvalue weighted by Crippen LogP contribution is 2.45. The van der Waals surface area contributed by atoms with Gasteiger partial charge in [-0.2, -0.15) is 0 Å². The van der Waals surface area contributed by atoms with Crippen LogP contribution in [0.1, 0.15) is 29.2 Å². The first-order valence-corrected chi connectivity index (χ1v) is 18.0. The Morgan fingerprint density at radius 2 is 1.02 bits per heavy atom. The molecule has 0 saturated carbocycles. The van der Waals surface area contributed by atoms with Crippen molar-refractivity contribution in [3.63, 3.8) is 0 Å². The fourth-order valence-corrected chi connectivity index (χ4v) is 8.10. The van der Waals surface area contributed by atoms with Gasteiger partial charge >= 0.3 is 0 Å². The maximum atomic E-state index is 6.82. The van der Waals surface area contributed by atoms with Gasteiger partial charge in [0, 0.05) is 39.2 Å². The summed E-state index contributed by atoms with van der Waals surface area (Å²) >= 11 is 0. The van der Waals surface area contributed by atoms with Crippen molar-refractivity contribution in [3.05, 3.63) is 205 Å². The summed E-state index contributed by atoms with van der Waals surface area (Å²) in [5.41, 5.74) is 11.5. The van der Waals surface area contributed by atoms with E-state index in [2.05, 4.69) is 199 Å². The average Bonchev–Trinajstić information content (AvgIpc) is 3.61. The van der Waals surface area contributed by atoms with Crippen LogP contribution in [-0.4, -0.2) is 0 Å². The maximum absolute atomic E-state index is 6.82. The van der Waals surface area contributed by atoms with Gasteiger partial charge in [-0.15, -0.1) is 0 Å². The van der Waals surface area contributed by atoms with E-state index in [1.807, 2.05) is 0 Å². The number of fused-ring (bicyclic) bond motifs is 5. The molecule has 1 unspecified atom stereocenters. The highest BCUT2D eigenvalue weighted by Gasteiger charge is 2.26. The summed E-state index contributed by atoms with van der Waals surface area (Å²) in [5.74, 6) is 1.27. The summed E-state index contributed by atoms with van der Waals surface area (Å²) in [7, 11) is 0. The Kier molecular flexibility index (Phi) is 7.32. The van der Waals surface area contributed by atoms with Gasteiger partial charge in [-0.3, -0.25) is 0 Å². The Hall–Kier alpha value is -6.64. The molecule has 0 amide bonds. The van der Waals surface area contributed by atoms with Gasteiger partial charge in [-0.1, -0.05) is 164 Å². The van der Waals surface area contributed by atoms with Crippen LogP contribution in [0, 0.1) is 0 Å². The van der Waals surface area contributed by atoms with Gasteiger partial charge in [-0.25, -0.2) is 0 Å².